The second-order valence-corrected chi connectivity index (χ2v) is 4.87. The Balaban J connectivity index is 2.32. The van der Waals surface area contributed by atoms with E-state index >= 15 is 0 Å². The van der Waals surface area contributed by atoms with Gasteiger partial charge < -0.3 is 4.74 Å². The maximum Gasteiger partial charge on any atom is 0.363 e. The highest BCUT2D eigenvalue weighted by Gasteiger charge is 2.31. The van der Waals surface area contributed by atoms with E-state index in [1.807, 2.05) is 32.9 Å². The van der Waals surface area contributed by atoms with Crippen LogP contribution in [0.4, 0.5) is 0 Å². The summed E-state index contributed by atoms with van der Waals surface area (Å²) in [7, 11) is 0. The molecular weight excluding hydrogens is 216 g/mol. The third kappa shape index (κ3) is 2.58. The summed E-state index contributed by atoms with van der Waals surface area (Å²) in [5.41, 5.74) is 0.954. The highest BCUT2D eigenvalue weighted by Crippen LogP contribution is 2.25. The number of rotatable bonds is 1. The van der Waals surface area contributed by atoms with E-state index in [1.165, 1.54) is 0 Å². The van der Waals surface area contributed by atoms with E-state index < -0.39 is 5.97 Å². The lowest BCUT2D eigenvalue weighted by Gasteiger charge is -2.15. The van der Waals surface area contributed by atoms with Crippen molar-refractivity contribution in [3.05, 3.63) is 35.8 Å². The van der Waals surface area contributed by atoms with Gasteiger partial charge in [0.05, 0.1) is 0 Å². The van der Waals surface area contributed by atoms with E-state index in [0.29, 0.717) is 11.6 Å². The van der Waals surface area contributed by atoms with Crippen LogP contribution in [0.25, 0.3) is 6.08 Å². The minimum Gasteiger partial charge on any atom is -0.406 e. The van der Waals surface area contributed by atoms with Crippen LogP contribution in [0.3, 0.4) is 0 Å². The molecule has 0 fully saturated rings. The lowest BCUT2D eigenvalue weighted by molar-refractivity contribution is -0.130. The summed E-state index contributed by atoms with van der Waals surface area (Å²) in [6.07, 6.45) is 5.03. The van der Waals surface area contributed by atoms with Crippen LogP contribution in [0.15, 0.2) is 35.2 Å². The van der Waals surface area contributed by atoms with Gasteiger partial charge in [0.25, 0.3) is 0 Å². The Bertz CT molecular complexity index is 496. The molecule has 0 saturated heterocycles. The molecule has 0 N–H and O–H groups in total. The predicted octanol–water partition coefficient (Wildman–Crippen LogP) is 2.42. The smallest absolute Gasteiger partial charge is 0.363 e. The average Bonchev–Trinajstić information content (AvgIpc) is 2.62. The molecular formula is C13H14N2O2. The molecule has 2 heterocycles. The van der Waals surface area contributed by atoms with Gasteiger partial charge in [-0.2, -0.15) is 0 Å². The fourth-order valence-corrected chi connectivity index (χ4v) is 1.35. The number of aliphatic imine (C=N–C) groups is 1. The maximum absolute atomic E-state index is 11.6. The second kappa shape index (κ2) is 4.13. The number of nitrogens with zero attached hydrogens (tertiary/aromatic N) is 2. The molecule has 0 spiro atoms. The molecule has 17 heavy (non-hydrogen) atoms. The van der Waals surface area contributed by atoms with E-state index in [1.54, 1.807) is 18.5 Å². The van der Waals surface area contributed by atoms with Crippen LogP contribution in [0.5, 0.6) is 0 Å². The number of carbonyl (C=O) groups is 1. The summed E-state index contributed by atoms with van der Waals surface area (Å²) in [6.45, 7) is 5.86. The largest absolute Gasteiger partial charge is 0.406 e. The number of carbonyl (C=O) groups excluding carboxylic acids is 1. The van der Waals surface area contributed by atoms with Crippen molar-refractivity contribution < 1.29 is 9.53 Å². The van der Waals surface area contributed by atoms with Crippen LogP contribution in [0, 0.1) is 5.41 Å². The SMILES string of the molecule is CC(C)(C)C1=N/C(=C/c2ccncc2)C(=O)O1. The van der Waals surface area contributed by atoms with Gasteiger partial charge in [-0.05, 0) is 23.8 Å². The number of cyclic esters (lactones) is 1. The van der Waals surface area contributed by atoms with Gasteiger partial charge in [0.1, 0.15) is 0 Å². The normalized spacial score (nSPS) is 18.2. The highest BCUT2D eigenvalue weighted by atomic mass is 16.6. The first-order valence-corrected chi connectivity index (χ1v) is 5.40. The Morgan fingerprint density at radius 1 is 1.24 bits per heavy atom. The van der Waals surface area contributed by atoms with Crippen molar-refractivity contribution in [3.63, 3.8) is 0 Å². The van der Waals surface area contributed by atoms with Gasteiger partial charge in [-0.3, -0.25) is 4.98 Å². The topological polar surface area (TPSA) is 51.5 Å². The Morgan fingerprint density at radius 3 is 2.41 bits per heavy atom. The fraction of sp³-hybridized carbons (Fsp3) is 0.308. The highest BCUT2D eigenvalue weighted by molar-refractivity contribution is 6.08. The minimum absolute atomic E-state index is 0.260. The molecule has 1 aromatic rings. The van der Waals surface area contributed by atoms with E-state index in [0.717, 1.165) is 5.56 Å². The Morgan fingerprint density at radius 2 is 1.88 bits per heavy atom. The molecule has 4 heteroatoms. The molecule has 1 aliphatic rings. The number of pyridine rings is 1. The molecule has 1 aromatic heterocycles. The van der Waals surface area contributed by atoms with E-state index in [-0.39, 0.29) is 5.41 Å². The van der Waals surface area contributed by atoms with Crippen LogP contribution in [0.2, 0.25) is 0 Å². The monoisotopic (exact) mass is 230 g/mol. The summed E-state index contributed by atoms with van der Waals surface area (Å²) in [5, 5.41) is 0. The zero-order valence-electron chi connectivity index (χ0n) is 10.1. The van der Waals surface area contributed by atoms with Gasteiger partial charge in [-0.25, -0.2) is 9.79 Å². The molecule has 0 unspecified atom stereocenters. The number of esters is 1. The predicted molar refractivity (Wildman–Crippen MR) is 65.2 cm³/mol. The number of ether oxygens (including phenoxy) is 1. The van der Waals surface area contributed by atoms with Gasteiger partial charge in [0.15, 0.2) is 5.70 Å². The summed E-state index contributed by atoms with van der Waals surface area (Å²) >= 11 is 0. The van der Waals surface area contributed by atoms with E-state index in [2.05, 4.69) is 9.98 Å². The molecule has 0 atom stereocenters. The number of hydrogen-bond acceptors (Lipinski definition) is 4. The molecule has 0 radical (unpaired) electrons. The lowest BCUT2D eigenvalue weighted by Crippen LogP contribution is -2.21. The molecule has 4 nitrogen and oxygen atoms in total. The molecule has 0 aromatic carbocycles. The Hall–Kier alpha value is -1.97. The van der Waals surface area contributed by atoms with E-state index in [9.17, 15) is 4.79 Å². The average molecular weight is 230 g/mol. The van der Waals surface area contributed by atoms with Gasteiger partial charge in [-0.15, -0.1) is 0 Å². The van der Waals surface area contributed by atoms with Crippen molar-refractivity contribution in [2.45, 2.75) is 20.8 Å². The van der Waals surface area contributed by atoms with Gasteiger partial charge in [0.2, 0.25) is 5.90 Å². The Kier molecular flexibility index (Phi) is 2.79. The van der Waals surface area contributed by atoms with Gasteiger partial charge in [-0.1, -0.05) is 20.8 Å². The molecule has 0 amide bonds. The molecule has 1 aliphatic heterocycles. The zero-order valence-corrected chi connectivity index (χ0v) is 10.1. The Labute approximate surface area is 100 Å². The standard InChI is InChI=1S/C13H14N2O2/c1-13(2,3)12-15-10(11(16)17-12)8-9-4-6-14-7-5-9/h4-8H,1-3H3/b10-8+. The maximum atomic E-state index is 11.6. The molecule has 88 valence electrons. The lowest BCUT2D eigenvalue weighted by atomic mass is 9.97. The van der Waals surface area contributed by atoms with Crippen molar-refractivity contribution >= 4 is 17.9 Å². The number of hydrogen-bond donors (Lipinski definition) is 0. The van der Waals surface area contributed by atoms with Crippen LogP contribution >= 0.6 is 0 Å². The van der Waals surface area contributed by atoms with E-state index in [4.69, 9.17) is 4.74 Å². The molecule has 0 aliphatic carbocycles. The fourth-order valence-electron chi connectivity index (χ4n) is 1.35. The van der Waals surface area contributed by atoms with Crippen LogP contribution in [0.1, 0.15) is 26.3 Å². The van der Waals surface area contributed by atoms with Crippen LogP contribution < -0.4 is 0 Å². The second-order valence-electron chi connectivity index (χ2n) is 4.87. The minimum atomic E-state index is -0.397. The first kappa shape index (κ1) is 11.5. The summed E-state index contributed by atoms with van der Waals surface area (Å²) in [5.74, 6) is 0.0644. The van der Waals surface area contributed by atoms with Crippen molar-refractivity contribution in [1.82, 2.24) is 4.98 Å². The first-order valence-electron chi connectivity index (χ1n) is 5.40. The van der Waals surface area contributed by atoms with Crippen LogP contribution in [-0.4, -0.2) is 16.9 Å². The summed E-state index contributed by atoms with van der Waals surface area (Å²) in [4.78, 5) is 19.7. The molecule has 0 saturated carbocycles. The number of aromatic nitrogens is 1. The van der Waals surface area contributed by atoms with Crippen molar-refractivity contribution in [3.8, 4) is 0 Å². The zero-order chi connectivity index (χ0) is 12.5. The van der Waals surface area contributed by atoms with Crippen molar-refractivity contribution in [2.24, 2.45) is 10.4 Å². The molecule has 2 rings (SSSR count). The molecule has 0 bridgehead atoms. The third-order valence-electron chi connectivity index (χ3n) is 2.27. The summed E-state index contributed by atoms with van der Waals surface area (Å²) in [6, 6.07) is 3.62. The van der Waals surface area contributed by atoms with Crippen molar-refractivity contribution in [1.29, 1.82) is 0 Å². The summed E-state index contributed by atoms with van der Waals surface area (Å²) < 4.78 is 5.14. The quantitative estimate of drug-likeness (QED) is 0.550. The van der Waals surface area contributed by atoms with Gasteiger partial charge in [0, 0.05) is 17.8 Å². The first-order chi connectivity index (χ1) is 7.97. The van der Waals surface area contributed by atoms with Crippen LogP contribution in [-0.2, 0) is 9.53 Å². The van der Waals surface area contributed by atoms with Gasteiger partial charge >= 0.3 is 5.97 Å². The third-order valence-corrected chi connectivity index (χ3v) is 2.27. The van der Waals surface area contributed by atoms with Crippen molar-refractivity contribution in [2.75, 3.05) is 0 Å².